The van der Waals surface area contributed by atoms with Gasteiger partial charge in [-0.2, -0.15) is 12.6 Å². The second-order valence-electron chi connectivity index (χ2n) is 3.85. The van der Waals surface area contributed by atoms with Gasteiger partial charge < -0.3 is 0 Å². The second-order valence-corrected chi connectivity index (χ2v) is 5.14. The van der Waals surface area contributed by atoms with Gasteiger partial charge in [-0.15, -0.1) is 0 Å². The highest BCUT2D eigenvalue weighted by Crippen LogP contribution is 2.21. The van der Waals surface area contributed by atoms with Crippen molar-refractivity contribution in [3.05, 3.63) is 0 Å². The smallest absolute Gasteiger partial charge is 0.244 e. The monoisotopic (exact) mass is 262 g/mol. The highest BCUT2D eigenvalue weighted by atomic mass is 32.2. The third kappa shape index (κ3) is 3.68. The van der Waals surface area contributed by atoms with Gasteiger partial charge in [-0.3, -0.25) is 19.6 Å². The Balaban J connectivity index is 2.26. The van der Waals surface area contributed by atoms with E-state index in [-0.39, 0.29) is 23.5 Å². The molecule has 0 aromatic rings. The van der Waals surface area contributed by atoms with Gasteiger partial charge in [-0.1, -0.05) is 24.8 Å². The van der Waals surface area contributed by atoms with Crippen molar-refractivity contribution in [3.63, 3.8) is 0 Å². The normalized spacial score (nSPS) is 20.9. The molecule has 16 heavy (non-hydrogen) atoms. The highest BCUT2D eigenvalue weighted by Gasteiger charge is 2.37. The molecule has 0 unspecified atom stereocenters. The van der Waals surface area contributed by atoms with Gasteiger partial charge >= 0.3 is 0 Å². The zero-order valence-electron chi connectivity index (χ0n) is 9.22. The summed E-state index contributed by atoms with van der Waals surface area (Å²) in [4.78, 5) is 24.5. The minimum Gasteiger partial charge on any atom is -0.282 e. The predicted octanol–water partition coefficient (Wildman–Crippen LogP) is 1.21. The molecule has 0 spiro atoms. The SMILES string of the molecule is NS[C@@H]1CC(=O)N(CCCCCCS)C1=O. The van der Waals surface area contributed by atoms with Crippen LogP contribution in [-0.4, -0.2) is 34.3 Å². The summed E-state index contributed by atoms with van der Waals surface area (Å²) < 4.78 is 0. The van der Waals surface area contributed by atoms with Crippen LogP contribution in [0.15, 0.2) is 0 Å². The quantitative estimate of drug-likeness (QED) is 0.313. The van der Waals surface area contributed by atoms with Gasteiger partial charge in [-0.05, 0) is 18.6 Å². The van der Waals surface area contributed by atoms with E-state index >= 15 is 0 Å². The number of rotatable bonds is 7. The van der Waals surface area contributed by atoms with Crippen LogP contribution in [0, 0.1) is 0 Å². The number of amides is 2. The van der Waals surface area contributed by atoms with Gasteiger partial charge in [0.25, 0.3) is 0 Å². The molecule has 1 aliphatic heterocycles. The van der Waals surface area contributed by atoms with E-state index in [1.165, 1.54) is 4.90 Å². The molecule has 1 rings (SSSR count). The molecule has 1 aliphatic rings. The fourth-order valence-electron chi connectivity index (χ4n) is 1.73. The van der Waals surface area contributed by atoms with E-state index in [9.17, 15) is 9.59 Å². The molecule has 4 nitrogen and oxygen atoms in total. The summed E-state index contributed by atoms with van der Waals surface area (Å²) in [7, 11) is 0. The molecule has 1 atom stereocenters. The summed E-state index contributed by atoms with van der Waals surface area (Å²) in [5.74, 6) is 0.696. The van der Waals surface area contributed by atoms with Gasteiger partial charge in [0.2, 0.25) is 11.8 Å². The summed E-state index contributed by atoms with van der Waals surface area (Å²) in [5, 5.41) is 4.99. The minimum atomic E-state index is -0.357. The molecule has 0 aromatic heterocycles. The Morgan fingerprint density at radius 2 is 2.00 bits per heavy atom. The summed E-state index contributed by atoms with van der Waals surface area (Å²) >= 11 is 5.10. The largest absolute Gasteiger partial charge is 0.282 e. The molecule has 0 aromatic carbocycles. The number of hydrogen-bond acceptors (Lipinski definition) is 5. The predicted molar refractivity (Wildman–Crippen MR) is 69.2 cm³/mol. The van der Waals surface area contributed by atoms with E-state index in [0.29, 0.717) is 6.54 Å². The van der Waals surface area contributed by atoms with Crippen LogP contribution in [0.5, 0.6) is 0 Å². The molecule has 0 aliphatic carbocycles. The van der Waals surface area contributed by atoms with Crippen LogP contribution in [0.4, 0.5) is 0 Å². The van der Waals surface area contributed by atoms with Gasteiger partial charge in [0.1, 0.15) is 5.25 Å². The first-order valence-electron chi connectivity index (χ1n) is 5.51. The molecule has 2 N–H and O–H groups in total. The van der Waals surface area contributed by atoms with Crippen LogP contribution in [0.25, 0.3) is 0 Å². The minimum absolute atomic E-state index is 0.0813. The molecule has 6 heteroatoms. The van der Waals surface area contributed by atoms with Crippen LogP contribution in [0.2, 0.25) is 0 Å². The van der Waals surface area contributed by atoms with Crippen molar-refractivity contribution in [3.8, 4) is 0 Å². The van der Waals surface area contributed by atoms with Crippen molar-refractivity contribution in [2.24, 2.45) is 5.14 Å². The van der Waals surface area contributed by atoms with Crippen LogP contribution in [0.1, 0.15) is 32.1 Å². The summed E-state index contributed by atoms with van der Waals surface area (Å²) in [6.45, 7) is 0.543. The number of hydrogen-bond donors (Lipinski definition) is 2. The third-order valence-electron chi connectivity index (χ3n) is 2.66. The molecular weight excluding hydrogens is 244 g/mol. The number of carbonyl (C=O) groups excluding carboxylic acids is 2. The number of carbonyl (C=O) groups is 2. The first-order valence-corrected chi connectivity index (χ1v) is 7.09. The average molecular weight is 262 g/mol. The van der Waals surface area contributed by atoms with Crippen molar-refractivity contribution >= 4 is 36.4 Å². The Morgan fingerprint density at radius 1 is 1.31 bits per heavy atom. The van der Waals surface area contributed by atoms with E-state index in [1.807, 2.05) is 0 Å². The van der Waals surface area contributed by atoms with E-state index in [1.54, 1.807) is 0 Å². The van der Waals surface area contributed by atoms with Gasteiger partial charge in [-0.25, -0.2) is 0 Å². The van der Waals surface area contributed by atoms with E-state index in [2.05, 4.69) is 12.6 Å². The Labute approximate surface area is 106 Å². The fraction of sp³-hybridized carbons (Fsp3) is 0.800. The molecule has 0 radical (unpaired) electrons. The van der Waals surface area contributed by atoms with Gasteiger partial charge in [0.05, 0.1) is 0 Å². The van der Waals surface area contributed by atoms with Gasteiger partial charge in [0.15, 0.2) is 0 Å². The maximum absolute atomic E-state index is 11.7. The number of likely N-dealkylation sites (tertiary alicyclic amines) is 1. The maximum Gasteiger partial charge on any atom is 0.244 e. The molecule has 0 bridgehead atoms. The first-order chi connectivity index (χ1) is 7.70. The van der Waals surface area contributed by atoms with Crippen molar-refractivity contribution in [2.45, 2.75) is 37.4 Å². The van der Waals surface area contributed by atoms with Crippen LogP contribution in [-0.2, 0) is 9.59 Å². The van der Waals surface area contributed by atoms with Crippen molar-refractivity contribution in [1.29, 1.82) is 0 Å². The third-order valence-corrected chi connectivity index (χ3v) is 3.67. The summed E-state index contributed by atoms with van der Waals surface area (Å²) in [6, 6.07) is 0. The van der Waals surface area contributed by atoms with E-state index in [0.717, 1.165) is 43.4 Å². The van der Waals surface area contributed by atoms with Crippen LogP contribution >= 0.6 is 24.6 Å². The lowest BCUT2D eigenvalue weighted by molar-refractivity contribution is -0.138. The molecule has 0 saturated carbocycles. The lowest BCUT2D eigenvalue weighted by Crippen LogP contribution is -2.32. The topological polar surface area (TPSA) is 63.4 Å². The van der Waals surface area contributed by atoms with E-state index < -0.39 is 0 Å². The number of imide groups is 1. The molecule has 1 heterocycles. The maximum atomic E-state index is 11.7. The number of thiol groups is 1. The molecular formula is C10H18N2O2S2. The zero-order chi connectivity index (χ0) is 12.0. The van der Waals surface area contributed by atoms with Crippen molar-refractivity contribution < 1.29 is 9.59 Å². The van der Waals surface area contributed by atoms with Crippen LogP contribution < -0.4 is 5.14 Å². The summed E-state index contributed by atoms with van der Waals surface area (Å²) in [5.41, 5.74) is 0. The Morgan fingerprint density at radius 3 is 2.56 bits per heavy atom. The summed E-state index contributed by atoms with van der Waals surface area (Å²) in [6.07, 6.45) is 4.38. The zero-order valence-corrected chi connectivity index (χ0v) is 10.9. The molecule has 92 valence electrons. The number of unbranched alkanes of at least 4 members (excludes halogenated alkanes) is 3. The van der Waals surface area contributed by atoms with Crippen molar-refractivity contribution in [1.82, 2.24) is 4.90 Å². The van der Waals surface area contributed by atoms with Gasteiger partial charge in [0, 0.05) is 13.0 Å². The lowest BCUT2D eigenvalue weighted by atomic mass is 10.2. The van der Waals surface area contributed by atoms with E-state index in [4.69, 9.17) is 5.14 Å². The average Bonchev–Trinajstić information content (AvgIpc) is 2.55. The van der Waals surface area contributed by atoms with Crippen molar-refractivity contribution in [2.75, 3.05) is 12.3 Å². The Bertz CT molecular complexity index is 261. The molecule has 2 amide bonds. The fourth-order valence-corrected chi connectivity index (χ4v) is 2.44. The molecule has 1 fully saturated rings. The first kappa shape index (κ1) is 13.9. The van der Waals surface area contributed by atoms with Crippen LogP contribution in [0.3, 0.4) is 0 Å². The number of nitrogens with two attached hydrogens (primary N) is 1. The Kier molecular flexibility index (Phi) is 6.23. The number of nitrogens with zero attached hydrogens (tertiary/aromatic N) is 1. The highest BCUT2D eigenvalue weighted by molar-refractivity contribution is 7.98. The standard InChI is InChI=1S/C10H18N2O2S2/c11-16-8-7-9(13)12(10(8)14)5-3-1-2-4-6-15/h8,15H,1-7,11H2/t8-/m1/s1. The second kappa shape index (κ2) is 7.19. The lowest BCUT2D eigenvalue weighted by Gasteiger charge is -2.13. The molecule has 1 saturated heterocycles. The Hall–Kier alpha value is -0.200.